The van der Waals surface area contributed by atoms with Crippen LogP contribution in [0.1, 0.15) is 21.5 Å². The summed E-state index contributed by atoms with van der Waals surface area (Å²) in [6.07, 6.45) is 0. The highest BCUT2D eigenvalue weighted by Gasteiger charge is 2.17. The van der Waals surface area contributed by atoms with E-state index in [0.717, 1.165) is 5.56 Å². The summed E-state index contributed by atoms with van der Waals surface area (Å²) >= 11 is 0. The smallest absolute Gasteiger partial charge is 0.262 e. The number of carbonyl (C=O) groups is 2. The molecule has 2 aromatic carbocycles. The van der Waals surface area contributed by atoms with E-state index in [1.807, 2.05) is 6.07 Å². The lowest BCUT2D eigenvalue weighted by atomic mass is 10.1. The van der Waals surface area contributed by atoms with Crippen LogP contribution in [0.25, 0.3) is 0 Å². The molecule has 0 fully saturated rings. The molecule has 0 aliphatic carbocycles. The molecule has 2 amide bonds. The number of nitrogens with one attached hydrogen (secondary N) is 2. The lowest BCUT2D eigenvalue weighted by Crippen LogP contribution is -2.26. The maximum Gasteiger partial charge on any atom is 0.262 e. The van der Waals surface area contributed by atoms with Gasteiger partial charge >= 0.3 is 0 Å². The second kappa shape index (κ2) is 6.20. The number of carbonyl (C=O) groups excluding carboxylic acids is 2. The van der Waals surface area contributed by atoms with E-state index in [9.17, 15) is 9.59 Å². The molecule has 2 N–H and O–H groups in total. The highest BCUT2D eigenvalue weighted by molar-refractivity contribution is 5.98. The molecule has 0 saturated carbocycles. The van der Waals surface area contributed by atoms with E-state index in [1.54, 1.807) is 36.4 Å². The van der Waals surface area contributed by atoms with Gasteiger partial charge in [0.25, 0.3) is 11.8 Å². The second-order valence-electron chi connectivity index (χ2n) is 5.04. The third-order valence-corrected chi connectivity index (χ3v) is 3.39. The van der Waals surface area contributed by atoms with Gasteiger partial charge in [-0.25, -0.2) is 0 Å². The molecule has 1 aliphatic heterocycles. The van der Waals surface area contributed by atoms with Gasteiger partial charge in [-0.3, -0.25) is 9.59 Å². The molecule has 2 aromatic rings. The SMILES string of the molecule is N#Cc1cccc(CNC(=O)c2ccc3c(c2)OCC(=O)N3)c1. The van der Waals surface area contributed by atoms with Crippen LogP contribution in [0.5, 0.6) is 5.75 Å². The van der Waals surface area contributed by atoms with Crippen LogP contribution in [-0.4, -0.2) is 18.4 Å². The van der Waals surface area contributed by atoms with Crippen molar-refractivity contribution in [1.82, 2.24) is 5.32 Å². The van der Waals surface area contributed by atoms with Crippen LogP contribution in [0.2, 0.25) is 0 Å². The number of rotatable bonds is 3. The number of fused-ring (bicyclic) bond motifs is 1. The first-order valence-electron chi connectivity index (χ1n) is 6.99. The van der Waals surface area contributed by atoms with Gasteiger partial charge in [0.2, 0.25) is 0 Å². The first kappa shape index (κ1) is 14.6. The third kappa shape index (κ3) is 3.30. The summed E-state index contributed by atoms with van der Waals surface area (Å²) in [6, 6.07) is 14.0. The lowest BCUT2D eigenvalue weighted by molar-refractivity contribution is -0.118. The van der Waals surface area contributed by atoms with Crippen LogP contribution in [0.4, 0.5) is 5.69 Å². The number of nitriles is 1. The predicted octanol–water partition coefficient (Wildman–Crippen LogP) is 1.82. The van der Waals surface area contributed by atoms with Gasteiger partial charge in [0, 0.05) is 12.1 Å². The van der Waals surface area contributed by atoms with E-state index in [1.165, 1.54) is 0 Å². The first-order chi connectivity index (χ1) is 11.2. The van der Waals surface area contributed by atoms with Crippen molar-refractivity contribution in [1.29, 1.82) is 5.26 Å². The molecule has 6 heteroatoms. The molecule has 0 aromatic heterocycles. The molecule has 0 unspecified atom stereocenters. The van der Waals surface area contributed by atoms with Gasteiger partial charge in [-0.2, -0.15) is 5.26 Å². The van der Waals surface area contributed by atoms with Gasteiger partial charge < -0.3 is 15.4 Å². The van der Waals surface area contributed by atoms with E-state index in [2.05, 4.69) is 16.7 Å². The summed E-state index contributed by atoms with van der Waals surface area (Å²) in [5.74, 6) is 0.00599. The van der Waals surface area contributed by atoms with Crippen molar-refractivity contribution in [2.45, 2.75) is 6.54 Å². The predicted molar refractivity (Wildman–Crippen MR) is 82.9 cm³/mol. The number of nitrogens with zero attached hydrogens (tertiary/aromatic N) is 1. The van der Waals surface area contributed by atoms with Gasteiger partial charge in [-0.1, -0.05) is 12.1 Å². The Morgan fingerprint density at radius 3 is 3.00 bits per heavy atom. The molecule has 0 radical (unpaired) electrons. The minimum Gasteiger partial charge on any atom is -0.482 e. The molecule has 0 atom stereocenters. The lowest BCUT2D eigenvalue weighted by Gasteiger charge is -2.18. The van der Waals surface area contributed by atoms with Crippen LogP contribution >= 0.6 is 0 Å². The summed E-state index contributed by atoms with van der Waals surface area (Å²) in [5.41, 5.74) is 2.39. The maximum atomic E-state index is 12.2. The van der Waals surface area contributed by atoms with Crippen LogP contribution in [0, 0.1) is 11.3 Å². The van der Waals surface area contributed by atoms with Crippen molar-refractivity contribution in [3.8, 4) is 11.8 Å². The Morgan fingerprint density at radius 1 is 1.30 bits per heavy atom. The fourth-order valence-electron chi connectivity index (χ4n) is 2.25. The number of hydrogen-bond acceptors (Lipinski definition) is 4. The molecule has 0 saturated heterocycles. The Labute approximate surface area is 132 Å². The maximum absolute atomic E-state index is 12.2. The molecule has 0 bridgehead atoms. The van der Waals surface area contributed by atoms with Gasteiger partial charge in [0.05, 0.1) is 17.3 Å². The van der Waals surface area contributed by atoms with Gasteiger partial charge in [0.15, 0.2) is 6.61 Å². The molecule has 0 spiro atoms. The summed E-state index contributed by atoms with van der Waals surface area (Å²) in [6.45, 7) is 0.266. The largest absolute Gasteiger partial charge is 0.482 e. The minimum absolute atomic E-state index is 0.0565. The molecule has 23 heavy (non-hydrogen) atoms. The standard InChI is InChI=1S/C17H13N3O3/c18-8-11-2-1-3-12(6-11)9-19-17(22)13-4-5-14-15(7-13)23-10-16(21)20-14/h1-7H,9-10H2,(H,19,22)(H,20,21). The van der Waals surface area contributed by atoms with Crippen LogP contribution in [0.15, 0.2) is 42.5 Å². The van der Waals surface area contributed by atoms with E-state index < -0.39 is 0 Å². The number of hydrogen-bond donors (Lipinski definition) is 2. The minimum atomic E-state index is -0.254. The monoisotopic (exact) mass is 307 g/mol. The highest BCUT2D eigenvalue weighted by Crippen LogP contribution is 2.28. The zero-order valence-corrected chi connectivity index (χ0v) is 12.1. The molecule has 6 nitrogen and oxygen atoms in total. The second-order valence-corrected chi connectivity index (χ2v) is 5.04. The Hall–Kier alpha value is -3.33. The zero-order valence-electron chi connectivity index (χ0n) is 12.1. The summed E-state index contributed by atoms with van der Waals surface area (Å²) in [7, 11) is 0. The van der Waals surface area contributed by atoms with Crippen LogP contribution < -0.4 is 15.4 Å². The molecule has 3 rings (SSSR count). The first-order valence-corrected chi connectivity index (χ1v) is 6.99. The number of amides is 2. The normalized spacial score (nSPS) is 12.4. The molecule has 1 heterocycles. The highest BCUT2D eigenvalue weighted by atomic mass is 16.5. The molecular weight excluding hydrogens is 294 g/mol. The average molecular weight is 307 g/mol. The summed E-state index contributed by atoms with van der Waals surface area (Å²) in [5, 5.41) is 14.3. The van der Waals surface area contributed by atoms with Crippen molar-refractivity contribution in [3.63, 3.8) is 0 Å². The zero-order chi connectivity index (χ0) is 16.2. The number of ether oxygens (including phenoxy) is 1. The van der Waals surface area contributed by atoms with Crippen molar-refractivity contribution in [2.24, 2.45) is 0 Å². The van der Waals surface area contributed by atoms with Crippen LogP contribution in [-0.2, 0) is 11.3 Å². The Kier molecular flexibility index (Phi) is 3.93. The van der Waals surface area contributed by atoms with E-state index >= 15 is 0 Å². The third-order valence-electron chi connectivity index (χ3n) is 3.39. The molecular formula is C17H13N3O3. The quantitative estimate of drug-likeness (QED) is 0.905. The fourth-order valence-corrected chi connectivity index (χ4v) is 2.25. The van der Waals surface area contributed by atoms with Crippen molar-refractivity contribution < 1.29 is 14.3 Å². The summed E-state index contributed by atoms with van der Waals surface area (Å²) < 4.78 is 5.29. The average Bonchev–Trinajstić information content (AvgIpc) is 2.59. The van der Waals surface area contributed by atoms with Crippen LogP contribution in [0.3, 0.4) is 0 Å². The van der Waals surface area contributed by atoms with Gasteiger partial charge in [-0.05, 0) is 35.9 Å². The topological polar surface area (TPSA) is 91.2 Å². The summed E-state index contributed by atoms with van der Waals surface area (Å²) in [4.78, 5) is 23.4. The van der Waals surface area contributed by atoms with E-state index in [0.29, 0.717) is 29.1 Å². The Balaban J connectivity index is 1.69. The van der Waals surface area contributed by atoms with Crippen molar-refractivity contribution in [2.75, 3.05) is 11.9 Å². The molecule has 114 valence electrons. The van der Waals surface area contributed by atoms with Gasteiger partial charge in [-0.15, -0.1) is 0 Å². The van der Waals surface area contributed by atoms with Crippen molar-refractivity contribution in [3.05, 3.63) is 59.2 Å². The van der Waals surface area contributed by atoms with Gasteiger partial charge in [0.1, 0.15) is 5.75 Å². The number of benzene rings is 2. The number of anilines is 1. The van der Waals surface area contributed by atoms with E-state index in [4.69, 9.17) is 10.00 Å². The Bertz CT molecular complexity index is 824. The van der Waals surface area contributed by atoms with Crippen molar-refractivity contribution >= 4 is 17.5 Å². The fraction of sp³-hybridized carbons (Fsp3) is 0.118. The Morgan fingerprint density at radius 2 is 2.17 bits per heavy atom. The molecule has 1 aliphatic rings. The van der Waals surface area contributed by atoms with E-state index in [-0.39, 0.29) is 18.4 Å².